The summed E-state index contributed by atoms with van der Waals surface area (Å²) in [5, 5.41) is 5.33. The van der Waals surface area contributed by atoms with Crippen LogP contribution in [-0.2, 0) is 0 Å². The Morgan fingerprint density at radius 2 is 1.77 bits per heavy atom. The van der Waals surface area contributed by atoms with E-state index in [4.69, 9.17) is 27.6 Å². The van der Waals surface area contributed by atoms with Crippen molar-refractivity contribution >= 4 is 35.1 Å². The van der Waals surface area contributed by atoms with E-state index >= 15 is 0 Å². The molecule has 0 amide bonds. The Hall–Kier alpha value is -2.23. The molecule has 0 spiro atoms. The summed E-state index contributed by atoms with van der Waals surface area (Å²) in [5.74, 6) is 1.27. The Morgan fingerprint density at radius 3 is 2.59 bits per heavy atom. The molecule has 0 saturated heterocycles. The van der Waals surface area contributed by atoms with Gasteiger partial charge < -0.3 is 4.42 Å². The first kappa shape index (κ1) is 14.7. The molecular formula is C17H12Cl2N2O. The smallest absolute Gasteiger partial charge is 0.147 e. The van der Waals surface area contributed by atoms with E-state index in [1.54, 1.807) is 24.4 Å². The van der Waals surface area contributed by atoms with E-state index in [-0.39, 0.29) is 0 Å². The van der Waals surface area contributed by atoms with Crippen LogP contribution in [0.1, 0.15) is 5.76 Å². The number of hydrogen-bond donors (Lipinski definition) is 1. The van der Waals surface area contributed by atoms with Crippen LogP contribution in [-0.4, -0.2) is 6.21 Å². The minimum absolute atomic E-state index is 0.588. The fraction of sp³-hybridized carbons (Fsp3) is 0. The van der Waals surface area contributed by atoms with Gasteiger partial charge in [0.2, 0.25) is 0 Å². The van der Waals surface area contributed by atoms with E-state index in [0.29, 0.717) is 21.6 Å². The predicted molar refractivity (Wildman–Crippen MR) is 91.8 cm³/mol. The fourth-order valence-corrected chi connectivity index (χ4v) is 2.32. The van der Waals surface area contributed by atoms with Crippen LogP contribution in [0.15, 0.2) is 70.2 Å². The average molecular weight is 331 g/mol. The van der Waals surface area contributed by atoms with Crippen molar-refractivity contribution in [2.45, 2.75) is 0 Å². The second-order valence-corrected chi connectivity index (χ2v) is 5.41. The number of furan rings is 1. The zero-order valence-corrected chi connectivity index (χ0v) is 13.0. The number of anilines is 1. The van der Waals surface area contributed by atoms with Crippen LogP contribution in [0.25, 0.3) is 11.3 Å². The standard InChI is InChI=1S/C17H12Cl2N2O/c18-12-6-8-16(19)15(10-12)17-9-7-14(22-17)11-20-21-13-4-2-1-3-5-13/h1-11,21H. The summed E-state index contributed by atoms with van der Waals surface area (Å²) in [5.41, 5.74) is 4.59. The third-order valence-electron chi connectivity index (χ3n) is 2.98. The van der Waals surface area contributed by atoms with Crippen molar-refractivity contribution in [1.82, 2.24) is 0 Å². The van der Waals surface area contributed by atoms with Crippen molar-refractivity contribution < 1.29 is 4.42 Å². The van der Waals surface area contributed by atoms with E-state index in [9.17, 15) is 0 Å². The molecule has 22 heavy (non-hydrogen) atoms. The van der Waals surface area contributed by atoms with Gasteiger partial charge in [0.25, 0.3) is 0 Å². The summed E-state index contributed by atoms with van der Waals surface area (Å²) in [6, 6.07) is 18.6. The number of hydrogen-bond acceptors (Lipinski definition) is 3. The molecule has 0 unspecified atom stereocenters. The zero-order valence-electron chi connectivity index (χ0n) is 11.5. The van der Waals surface area contributed by atoms with Crippen LogP contribution in [0.5, 0.6) is 0 Å². The first-order chi connectivity index (χ1) is 10.7. The lowest BCUT2D eigenvalue weighted by atomic mass is 10.2. The Bertz CT molecular complexity index is 797. The molecule has 0 aliphatic carbocycles. The molecule has 1 N–H and O–H groups in total. The van der Waals surface area contributed by atoms with Crippen LogP contribution >= 0.6 is 23.2 Å². The maximum absolute atomic E-state index is 6.16. The summed E-state index contributed by atoms with van der Waals surface area (Å²) in [4.78, 5) is 0. The fourth-order valence-electron chi connectivity index (χ4n) is 1.94. The van der Waals surface area contributed by atoms with Crippen molar-refractivity contribution in [3.8, 4) is 11.3 Å². The molecule has 3 rings (SSSR count). The van der Waals surface area contributed by atoms with E-state index < -0.39 is 0 Å². The molecule has 0 bridgehead atoms. The predicted octanol–water partition coefficient (Wildman–Crippen LogP) is 5.70. The van der Waals surface area contributed by atoms with Crippen molar-refractivity contribution in [3.63, 3.8) is 0 Å². The first-order valence-corrected chi connectivity index (χ1v) is 7.37. The largest absolute Gasteiger partial charge is 0.455 e. The minimum atomic E-state index is 0.588. The molecule has 0 atom stereocenters. The first-order valence-electron chi connectivity index (χ1n) is 6.62. The number of benzene rings is 2. The lowest BCUT2D eigenvalue weighted by molar-refractivity contribution is 0.575. The Morgan fingerprint density at radius 1 is 0.955 bits per heavy atom. The Balaban J connectivity index is 1.75. The van der Waals surface area contributed by atoms with Gasteiger partial charge in [-0.2, -0.15) is 5.10 Å². The third-order valence-corrected chi connectivity index (χ3v) is 3.54. The van der Waals surface area contributed by atoms with Gasteiger partial charge in [-0.05, 0) is 42.5 Å². The second kappa shape index (κ2) is 6.69. The summed E-state index contributed by atoms with van der Waals surface area (Å²) in [7, 11) is 0. The third kappa shape index (κ3) is 3.50. The molecule has 0 radical (unpaired) electrons. The Kier molecular flexibility index (Phi) is 4.47. The lowest BCUT2D eigenvalue weighted by Crippen LogP contribution is -1.88. The molecule has 3 nitrogen and oxygen atoms in total. The molecule has 3 aromatic rings. The monoisotopic (exact) mass is 330 g/mol. The average Bonchev–Trinajstić information content (AvgIpc) is 2.99. The van der Waals surface area contributed by atoms with Crippen LogP contribution in [0.4, 0.5) is 5.69 Å². The Labute approximate surface area is 138 Å². The molecule has 0 fully saturated rings. The SMILES string of the molecule is Clc1ccc(Cl)c(-c2ccc(C=NNc3ccccc3)o2)c1. The summed E-state index contributed by atoms with van der Waals surface area (Å²) >= 11 is 12.1. The van der Waals surface area contributed by atoms with Crippen molar-refractivity contribution in [3.05, 3.63) is 76.5 Å². The van der Waals surface area contributed by atoms with Crippen LogP contribution in [0.3, 0.4) is 0 Å². The summed E-state index contributed by atoms with van der Waals surface area (Å²) in [6.45, 7) is 0. The van der Waals surface area contributed by atoms with E-state index in [1.165, 1.54) is 0 Å². The maximum Gasteiger partial charge on any atom is 0.147 e. The zero-order chi connectivity index (χ0) is 15.4. The number of rotatable bonds is 4. The molecule has 0 saturated carbocycles. The lowest BCUT2D eigenvalue weighted by Gasteiger charge is -2.01. The van der Waals surface area contributed by atoms with Crippen molar-refractivity contribution in [2.24, 2.45) is 5.10 Å². The molecule has 1 aromatic heterocycles. The molecule has 0 aliphatic heterocycles. The summed E-state index contributed by atoms with van der Waals surface area (Å²) in [6.07, 6.45) is 1.61. The maximum atomic E-state index is 6.16. The normalized spacial score (nSPS) is 11.0. The van der Waals surface area contributed by atoms with Gasteiger partial charge in [-0.15, -0.1) is 0 Å². The highest BCUT2D eigenvalue weighted by molar-refractivity contribution is 6.35. The number of halogens is 2. The highest BCUT2D eigenvalue weighted by Gasteiger charge is 2.08. The number of para-hydroxylation sites is 1. The second-order valence-electron chi connectivity index (χ2n) is 4.56. The van der Waals surface area contributed by atoms with Gasteiger partial charge in [-0.1, -0.05) is 41.4 Å². The quantitative estimate of drug-likeness (QED) is 0.492. The van der Waals surface area contributed by atoms with Crippen molar-refractivity contribution in [1.29, 1.82) is 0 Å². The number of hydrazone groups is 1. The van der Waals surface area contributed by atoms with E-state index in [1.807, 2.05) is 42.5 Å². The molecule has 2 aromatic carbocycles. The minimum Gasteiger partial charge on any atom is -0.455 e. The molecular weight excluding hydrogens is 319 g/mol. The topological polar surface area (TPSA) is 37.5 Å². The highest BCUT2D eigenvalue weighted by Crippen LogP contribution is 2.31. The van der Waals surface area contributed by atoms with Gasteiger partial charge in [0.15, 0.2) is 0 Å². The van der Waals surface area contributed by atoms with Crippen molar-refractivity contribution in [2.75, 3.05) is 5.43 Å². The van der Waals surface area contributed by atoms with Crippen LogP contribution in [0, 0.1) is 0 Å². The van der Waals surface area contributed by atoms with E-state index in [2.05, 4.69) is 10.5 Å². The van der Waals surface area contributed by atoms with Gasteiger partial charge in [0.05, 0.1) is 16.9 Å². The molecule has 0 aliphatic rings. The van der Waals surface area contributed by atoms with Gasteiger partial charge in [-0.25, -0.2) is 0 Å². The molecule has 1 heterocycles. The van der Waals surface area contributed by atoms with Gasteiger partial charge in [0, 0.05) is 10.6 Å². The van der Waals surface area contributed by atoms with Crippen LogP contribution in [0.2, 0.25) is 10.0 Å². The summed E-state index contributed by atoms with van der Waals surface area (Å²) < 4.78 is 5.71. The van der Waals surface area contributed by atoms with Gasteiger partial charge in [-0.3, -0.25) is 5.43 Å². The van der Waals surface area contributed by atoms with Gasteiger partial charge >= 0.3 is 0 Å². The molecule has 5 heteroatoms. The van der Waals surface area contributed by atoms with E-state index in [0.717, 1.165) is 11.3 Å². The number of nitrogens with zero attached hydrogens (tertiary/aromatic N) is 1. The highest BCUT2D eigenvalue weighted by atomic mass is 35.5. The van der Waals surface area contributed by atoms with Crippen LogP contribution < -0.4 is 5.43 Å². The number of nitrogens with one attached hydrogen (secondary N) is 1. The molecule has 110 valence electrons. The van der Waals surface area contributed by atoms with Gasteiger partial charge in [0.1, 0.15) is 11.5 Å².